The number of furan rings is 1. The summed E-state index contributed by atoms with van der Waals surface area (Å²) in [6.07, 6.45) is 4.12. The van der Waals surface area contributed by atoms with Crippen LogP contribution in [0.25, 0.3) is 0 Å². The van der Waals surface area contributed by atoms with Crippen LogP contribution in [0.15, 0.2) is 28.7 Å². The first kappa shape index (κ1) is 21.7. The van der Waals surface area contributed by atoms with Crippen molar-refractivity contribution in [1.29, 1.82) is 0 Å². The van der Waals surface area contributed by atoms with Crippen LogP contribution in [0.1, 0.15) is 99.4 Å². The predicted octanol–water partition coefficient (Wildman–Crippen LogP) is 6.30. The van der Waals surface area contributed by atoms with Crippen molar-refractivity contribution in [2.45, 2.75) is 85.0 Å². The molecule has 0 spiro atoms. The van der Waals surface area contributed by atoms with Gasteiger partial charge in [0.1, 0.15) is 5.76 Å². The van der Waals surface area contributed by atoms with E-state index in [2.05, 4.69) is 65.9 Å². The minimum Gasteiger partial charge on any atom is -0.456 e. The van der Waals surface area contributed by atoms with Gasteiger partial charge in [0.05, 0.1) is 0 Å². The summed E-state index contributed by atoms with van der Waals surface area (Å²) in [5.41, 5.74) is 5.95. The fourth-order valence-corrected chi connectivity index (χ4v) is 4.30. The van der Waals surface area contributed by atoms with Crippen molar-refractivity contribution in [3.63, 3.8) is 0 Å². The van der Waals surface area contributed by atoms with Crippen LogP contribution in [-0.2, 0) is 17.3 Å². The van der Waals surface area contributed by atoms with Crippen molar-refractivity contribution in [3.05, 3.63) is 58.0 Å². The first-order valence-electron chi connectivity index (χ1n) is 11.0. The molecule has 0 aliphatic heterocycles. The molecule has 1 aromatic heterocycles. The molecule has 3 heteroatoms. The number of carbonyl (C=O) groups excluding carboxylic acids is 1. The normalized spacial score (nSPS) is 17.2. The second kappa shape index (κ2) is 8.01. The number of benzene rings is 1. The Morgan fingerprint density at radius 2 is 1.69 bits per heavy atom. The number of rotatable bonds is 6. The van der Waals surface area contributed by atoms with Gasteiger partial charge in [-0.05, 0) is 77.3 Å². The average molecular weight is 396 g/mol. The molecule has 3 nitrogen and oxygen atoms in total. The number of hydrogen-bond acceptors (Lipinski definition) is 2. The molecule has 0 unspecified atom stereocenters. The fourth-order valence-electron chi connectivity index (χ4n) is 4.30. The molecule has 0 atom stereocenters. The molecule has 2 aromatic rings. The first-order valence-corrected chi connectivity index (χ1v) is 11.0. The summed E-state index contributed by atoms with van der Waals surface area (Å²) in [5, 5.41) is 2.95. The maximum Gasteiger partial charge on any atom is 0.286 e. The Kier molecular flexibility index (Phi) is 5.98. The standard InChI is InChI=1S/C26H37NO2/c1-17(2)10-13-27-24(28)23-9-8-20(29-23)15-19-16-22-21(14-18(19)3)25(4,5)11-12-26(22,6)7/h8-9,14,16-17H,10-13,15H2,1-7H3,(H,27,28). The Morgan fingerprint density at radius 1 is 1.07 bits per heavy atom. The Balaban J connectivity index is 1.80. The van der Waals surface area contributed by atoms with Crippen LogP contribution in [0.2, 0.25) is 0 Å². The van der Waals surface area contributed by atoms with Gasteiger partial charge in [0.15, 0.2) is 5.76 Å². The molecule has 0 fully saturated rings. The van der Waals surface area contributed by atoms with Crippen molar-refractivity contribution in [2.24, 2.45) is 5.92 Å². The topological polar surface area (TPSA) is 42.2 Å². The summed E-state index contributed by atoms with van der Waals surface area (Å²) in [7, 11) is 0. The van der Waals surface area contributed by atoms with Gasteiger partial charge < -0.3 is 9.73 Å². The van der Waals surface area contributed by atoms with E-state index in [4.69, 9.17) is 4.42 Å². The van der Waals surface area contributed by atoms with Crippen LogP contribution in [-0.4, -0.2) is 12.5 Å². The quantitative estimate of drug-likeness (QED) is 0.623. The third kappa shape index (κ3) is 4.76. The summed E-state index contributed by atoms with van der Waals surface area (Å²) in [6.45, 7) is 16.6. The van der Waals surface area contributed by atoms with E-state index >= 15 is 0 Å². The Bertz CT molecular complexity index is 886. The van der Waals surface area contributed by atoms with E-state index in [-0.39, 0.29) is 16.7 Å². The SMILES string of the molecule is Cc1cc2c(cc1Cc1ccc(C(=O)NCCC(C)C)o1)C(C)(C)CCC2(C)C. The van der Waals surface area contributed by atoms with Crippen molar-refractivity contribution in [1.82, 2.24) is 5.32 Å². The van der Waals surface area contributed by atoms with Gasteiger partial charge >= 0.3 is 0 Å². The molecule has 0 saturated heterocycles. The monoisotopic (exact) mass is 395 g/mol. The average Bonchev–Trinajstić information content (AvgIpc) is 3.09. The number of amides is 1. The number of carbonyl (C=O) groups is 1. The van der Waals surface area contributed by atoms with Gasteiger partial charge in [0.25, 0.3) is 5.91 Å². The van der Waals surface area contributed by atoms with Crippen molar-refractivity contribution in [2.75, 3.05) is 6.54 Å². The number of hydrogen-bond donors (Lipinski definition) is 1. The summed E-state index contributed by atoms with van der Waals surface area (Å²) in [4.78, 5) is 12.3. The van der Waals surface area contributed by atoms with Gasteiger partial charge in [-0.3, -0.25) is 4.79 Å². The van der Waals surface area contributed by atoms with E-state index in [9.17, 15) is 4.79 Å². The molecule has 0 bridgehead atoms. The van der Waals surface area contributed by atoms with Crippen LogP contribution >= 0.6 is 0 Å². The second-order valence-corrected chi connectivity index (χ2v) is 10.5. The molecule has 1 amide bonds. The third-order valence-corrected chi connectivity index (χ3v) is 6.57. The highest BCUT2D eigenvalue weighted by Crippen LogP contribution is 2.46. The van der Waals surface area contributed by atoms with Crippen LogP contribution in [0.3, 0.4) is 0 Å². The molecule has 158 valence electrons. The van der Waals surface area contributed by atoms with Crippen LogP contribution in [0, 0.1) is 12.8 Å². The number of nitrogens with one attached hydrogen (secondary N) is 1. The minimum atomic E-state index is -0.123. The molecular formula is C26H37NO2. The minimum absolute atomic E-state index is 0.123. The van der Waals surface area contributed by atoms with Crippen molar-refractivity contribution in [3.8, 4) is 0 Å². The number of aryl methyl sites for hydroxylation is 1. The maximum atomic E-state index is 12.3. The Labute approximate surface area is 176 Å². The molecule has 1 N–H and O–H groups in total. The second-order valence-electron chi connectivity index (χ2n) is 10.5. The van der Waals surface area contributed by atoms with Gasteiger partial charge in [-0.2, -0.15) is 0 Å². The fraction of sp³-hybridized carbons (Fsp3) is 0.577. The maximum absolute atomic E-state index is 12.3. The van der Waals surface area contributed by atoms with E-state index in [0.29, 0.717) is 18.2 Å². The summed E-state index contributed by atoms with van der Waals surface area (Å²) in [5.74, 6) is 1.70. The highest BCUT2D eigenvalue weighted by atomic mass is 16.3. The van der Waals surface area contributed by atoms with Gasteiger partial charge in [-0.15, -0.1) is 0 Å². The Hall–Kier alpha value is -2.03. The van der Waals surface area contributed by atoms with E-state index in [0.717, 1.165) is 18.6 Å². The van der Waals surface area contributed by atoms with E-state index in [1.54, 1.807) is 6.07 Å². The summed E-state index contributed by atoms with van der Waals surface area (Å²) >= 11 is 0. The smallest absolute Gasteiger partial charge is 0.286 e. The zero-order chi connectivity index (χ0) is 21.4. The molecule has 29 heavy (non-hydrogen) atoms. The highest BCUT2D eigenvalue weighted by molar-refractivity contribution is 5.91. The predicted molar refractivity (Wildman–Crippen MR) is 120 cm³/mol. The lowest BCUT2D eigenvalue weighted by molar-refractivity contribution is 0.0922. The van der Waals surface area contributed by atoms with E-state index < -0.39 is 0 Å². The van der Waals surface area contributed by atoms with Gasteiger partial charge in [0, 0.05) is 13.0 Å². The van der Waals surface area contributed by atoms with Crippen LogP contribution < -0.4 is 5.32 Å². The zero-order valence-electron chi connectivity index (χ0n) is 19.2. The molecule has 0 radical (unpaired) electrons. The number of fused-ring (bicyclic) bond motifs is 1. The van der Waals surface area contributed by atoms with Gasteiger partial charge in [0.2, 0.25) is 0 Å². The van der Waals surface area contributed by atoms with Crippen molar-refractivity contribution >= 4 is 5.91 Å². The third-order valence-electron chi connectivity index (χ3n) is 6.57. The van der Waals surface area contributed by atoms with Crippen molar-refractivity contribution < 1.29 is 9.21 Å². The molecular weight excluding hydrogens is 358 g/mol. The lowest BCUT2D eigenvalue weighted by Gasteiger charge is -2.42. The molecule has 1 aromatic carbocycles. The molecule has 1 heterocycles. The molecule has 3 rings (SSSR count). The zero-order valence-corrected chi connectivity index (χ0v) is 19.2. The molecule has 1 aliphatic rings. The first-order chi connectivity index (χ1) is 13.5. The molecule has 0 saturated carbocycles. The lowest BCUT2D eigenvalue weighted by atomic mass is 9.62. The summed E-state index contributed by atoms with van der Waals surface area (Å²) < 4.78 is 5.89. The van der Waals surface area contributed by atoms with E-state index in [1.165, 1.54) is 35.1 Å². The van der Waals surface area contributed by atoms with Crippen LogP contribution in [0.5, 0.6) is 0 Å². The highest BCUT2D eigenvalue weighted by Gasteiger charge is 2.37. The van der Waals surface area contributed by atoms with Gasteiger partial charge in [-0.1, -0.05) is 53.7 Å². The largest absolute Gasteiger partial charge is 0.456 e. The lowest BCUT2D eigenvalue weighted by Crippen LogP contribution is -2.34. The van der Waals surface area contributed by atoms with E-state index in [1.807, 2.05) is 6.07 Å². The summed E-state index contributed by atoms with van der Waals surface area (Å²) in [6, 6.07) is 8.50. The van der Waals surface area contributed by atoms with Crippen LogP contribution in [0.4, 0.5) is 0 Å². The van der Waals surface area contributed by atoms with Gasteiger partial charge in [-0.25, -0.2) is 0 Å². The Morgan fingerprint density at radius 3 is 2.31 bits per heavy atom. The molecule has 1 aliphatic carbocycles.